The van der Waals surface area contributed by atoms with Crippen LogP contribution in [0.4, 0.5) is 5.69 Å². The largest absolute Gasteiger partial charge is 0.497 e. The van der Waals surface area contributed by atoms with E-state index in [1.807, 2.05) is 6.92 Å². The summed E-state index contributed by atoms with van der Waals surface area (Å²) in [4.78, 5) is 17.0. The van der Waals surface area contributed by atoms with Gasteiger partial charge in [0.05, 0.1) is 18.6 Å². The van der Waals surface area contributed by atoms with E-state index in [2.05, 4.69) is 20.1 Å². The number of hydrogen-bond donors (Lipinski definition) is 2. The number of methoxy groups -OCH3 is 1. The van der Waals surface area contributed by atoms with E-state index in [0.29, 0.717) is 40.0 Å². The topological polar surface area (TPSA) is 128 Å². The van der Waals surface area contributed by atoms with Crippen LogP contribution in [0.1, 0.15) is 27.6 Å². The monoisotopic (exact) mass is 495 g/mol. The van der Waals surface area contributed by atoms with Crippen LogP contribution < -0.4 is 14.8 Å². The zero-order chi connectivity index (χ0) is 25.2. The number of carbonyl (C=O) groups is 1. The number of sulfonamides is 1. The molecule has 0 unspecified atom stereocenters. The Morgan fingerprint density at radius 1 is 1.11 bits per heavy atom. The van der Waals surface area contributed by atoms with E-state index >= 15 is 0 Å². The predicted molar refractivity (Wildman–Crippen MR) is 130 cm³/mol. The number of ether oxygens (including phenoxy) is 1. The predicted octanol–water partition coefficient (Wildman–Crippen LogP) is 3.43. The number of hydrogen-bond acceptors (Lipinski definition) is 7. The van der Waals surface area contributed by atoms with Crippen molar-refractivity contribution < 1.29 is 22.4 Å². The molecule has 0 saturated heterocycles. The summed E-state index contributed by atoms with van der Waals surface area (Å²) in [7, 11) is -0.516. The Kier molecular flexibility index (Phi) is 6.61. The van der Waals surface area contributed by atoms with E-state index in [1.54, 1.807) is 61.1 Å². The molecule has 0 atom stereocenters. The molecule has 4 rings (SSSR count). The van der Waals surface area contributed by atoms with Crippen molar-refractivity contribution in [1.29, 1.82) is 0 Å². The van der Waals surface area contributed by atoms with Gasteiger partial charge in [0.15, 0.2) is 0 Å². The van der Waals surface area contributed by atoms with Gasteiger partial charge in [-0.05, 0) is 62.4 Å². The molecule has 10 nitrogen and oxygen atoms in total. The summed E-state index contributed by atoms with van der Waals surface area (Å²) in [5.41, 5.74) is 2.70. The number of benzene rings is 2. The summed E-state index contributed by atoms with van der Waals surface area (Å²) in [6, 6.07) is 14.5. The summed E-state index contributed by atoms with van der Waals surface area (Å²) in [6.45, 7) is 3.77. The fraction of sp³-hybridized carbons (Fsp3) is 0.208. The summed E-state index contributed by atoms with van der Waals surface area (Å²) < 4.78 is 40.6. The first-order valence-electron chi connectivity index (χ1n) is 10.7. The van der Waals surface area contributed by atoms with Crippen molar-refractivity contribution in [3.63, 3.8) is 0 Å². The summed E-state index contributed by atoms with van der Waals surface area (Å²) in [5.74, 6) is 1.10. The molecule has 2 heterocycles. The van der Waals surface area contributed by atoms with Gasteiger partial charge in [-0.1, -0.05) is 6.07 Å². The Morgan fingerprint density at radius 3 is 2.51 bits per heavy atom. The van der Waals surface area contributed by atoms with E-state index in [4.69, 9.17) is 9.15 Å². The lowest BCUT2D eigenvalue weighted by molar-refractivity contribution is 0.0944. The highest BCUT2D eigenvalue weighted by atomic mass is 32.2. The minimum absolute atomic E-state index is 0.108. The minimum Gasteiger partial charge on any atom is -0.497 e. The molecule has 0 aliphatic rings. The standard InChI is InChI=1S/C24H25N5O5S/c1-15-12-21(27-29(15)3)23(30)25-14-22-16(2)34-24(26-22)17-6-5-7-18(13-17)28-35(31,32)20-10-8-19(33-4)9-11-20/h5-13,28H,14H2,1-4H3,(H,25,30). The number of aryl methyl sites for hydroxylation is 3. The quantitative estimate of drug-likeness (QED) is 0.383. The average molecular weight is 496 g/mol. The number of nitrogens with zero attached hydrogens (tertiary/aromatic N) is 3. The zero-order valence-corrected chi connectivity index (χ0v) is 20.5. The van der Waals surface area contributed by atoms with Crippen molar-refractivity contribution in [3.05, 3.63) is 77.4 Å². The number of oxazole rings is 1. The molecule has 11 heteroatoms. The number of amides is 1. The van der Waals surface area contributed by atoms with E-state index < -0.39 is 10.0 Å². The van der Waals surface area contributed by atoms with Crippen molar-refractivity contribution in [1.82, 2.24) is 20.1 Å². The van der Waals surface area contributed by atoms with Crippen LogP contribution in [0.3, 0.4) is 0 Å². The van der Waals surface area contributed by atoms with Crippen molar-refractivity contribution in [2.45, 2.75) is 25.3 Å². The van der Waals surface area contributed by atoms with E-state index in [9.17, 15) is 13.2 Å². The second-order valence-corrected chi connectivity index (χ2v) is 9.54. The van der Waals surface area contributed by atoms with Crippen LogP contribution in [-0.2, 0) is 23.6 Å². The Hall–Kier alpha value is -4.12. The van der Waals surface area contributed by atoms with Gasteiger partial charge in [-0.25, -0.2) is 13.4 Å². The van der Waals surface area contributed by atoms with Gasteiger partial charge >= 0.3 is 0 Å². The van der Waals surface area contributed by atoms with Crippen LogP contribution in [0.15, 0.2) is 63.9 Å². The van der Waals surface area contributed by atoms with Gasteiger partial charge in [-0.3, -0.25) is 14.2 Å². The van der Waals surface area contributed by atoms with Gasteiger partial charge in [0.1, 0.15) is 22.9 Å². The molecule has 182 valence electrons. The maximum absolute atomic E-state index is 12.8. The average Bonchev–Trinajstić information content (AvgIpc) is 3.38. The molecule has 1 amide bonds. The maximum Gasteiger partial charge on any atom is 0.272 e. The number of rotatable bonds is 8. The SMILES string of the molecule is COc1ccc(S(=O)(=O)Nc2cccc(-c3nc(CNC(=O)c4cc(C)n(C)n4)c(C)o3)c2)cc1. The van der Waals surface area contributed by atoms with E-state index in [0.717, 1.165) is 5.69 Å². The van der Waals surface area contributed by atoms with Crippen LogP contribution in [0.5, 0.6) is 5.75 Å². The smallest absolute Gasteiger partial charge is 0.272 e. The lowest BCUT2D eigenvalue weighted by Gasteiger charge is -2.09. The van der Waals surface area contributed by atoms with Crippen LogP contribution in [-0.4, -0.2) is 36.2 Å². The summed E-state index contributed by atoms with van der Waals surface area (Å²) >= 11 is 0. The normalized spacial score (nSPS) is 11.3. The third-order valence-corrected chi connectivity index (χ3v) is 6.78. The molecule has 2 N–H and O–H groups in total. The molecule has 4 aromatic rings. The second-order valence-electron chi connectivity index (χ2n) is 7.86. The molecule has 2 aromatic carbocycles. The zero-order valence-electron chi connectivity index (χ0n) is 19.7. The third kappa shape index (κ3) is 5.35. The van der Waals surface area contributed by atoms with Crippen molar-refractivity contribution >= 4 is 21.6 Å². The van der Waals surface area contributed by atoms with Gasteiger partial charge in [0.2, 0.25) is 5.89 Å². The lowest BCUT2D eigenvalue weighted by Crippen LogP contribution is -2.23. The van der Waals surface area contributed by atoms with Crippen molar-refractivity contribution in [3.8, 4) is 17.2 Å². The van der Waals surface area contributed by atoms with Crippen LogP contribution in [0.2, 0.25) is 0 Å². The maximum atomic E-state index is 12.8. The first kappa shape index (κ1) is 24.0. The first-order chi connectivity index (χ1) is 16.7. The van der Waals surface area contributed by atoms with Crippen LogP contribution >= 0.6 is 0 Å². The summed E-state index contributed by atoms with van der Waals surface area (Å²) in [5, 5.41) is 6.96. The Morgan fingerprint density at radius 2 is 1.86 bits per heavy atom. The lowest BCUT2D eigenvalue weighted by atomic mass is 10.2. The fourth-order valence-corrected chi connectivity index (χ4v) is 4.38. The Labute approximate surface area is 203 Å². The Bertz CT molecular complexity index is 1450. The van der Waals surface area contributed by atoms with Crippen LogP contribution in [0, 0.1) is 13.8 Å². The van der Waals surface area contributed by atoms with Crippen molar-refractivity contribution in [2.75, 3.05) is 11.8 Å². The highest BCUT2D eigenvalue weighted by Crippen LogP contribution is 2.26. The number of carbonyl (C=O) groups excluding carboxylic acids is 1. The number of nitrogens with one attached hydrogen (secondary N) is 2. The molecule has 0 saturated carbocycles. The molecule has 0 spiro atoms. The number of anilines is 1. The van der Waals surface area contributed by atoms with Gasteiger partial charge in [0, 0.05) is 24.0 Å². The highest BCUT2D eigenvalue weighted by molar-refractivity contribution is 7.92. The highest BCUT2D eigenvalue weighted by Gasteiger charge is 2.17. The fourth-order valence-electron chi connectivity index (χ4n) is 3.33. The molecule has 0 radical (unpaired) electrons. The minimum atomic E-state index is -3.80. The van der Waals surface area contributed by atoms with E-state index in [-0.39, 0.29) is 17.3 Å². The van der Waals surface area contributed by atoms with E-state index in [1.165, 1.54) is 19.2 Å². The van der Waals surface area contributed by atoms with Gasteiger partial charge < -0.3 is 14.5 Å². The molecule has 0 bridgehead atoms. The molecule has 0 aliphatic heterocycles. The molecule has 0 aliphatic carbocycles. The second kappa shape index (κ2) is 9.63. The van der Waals surface area contributed by atoms with Crippen LogP contribution in [0.25, 0.3) is 11.5 Å². The molecular weight excluding hydrogens is 470 g/mol. The molecule has 0 fully saturated rings. The van der Waals surface area contributed by atoms with Crippen molar-refractivity contribution in [2.24, 2.45) is 7.05 Å². The molecule has 2 aromatic heterocycles. The molecule has 35 heavy (non-hydrogen) atoms. The Balaban J connectivity index is 1.48. The molecular formula is C24H25N5O5S. The number of aromatic nitrogens is 3. The summed E-state index contributed by atoms with van der Waals surface area (Å²) in [6.07, 6.45) is 0. The van der Waals surface area contributed by atoms with Gasteiger partial charge in [-0.2, -0.15) is 5.10 Å². The van der Waals surface area contributed by atoms with Gasteiger partial charge in [0.25, 0.3) is 15.9 Å². The first-order valence-corrected chi connectivity index (χ1v) is 12.2. The van der Waals surface area contributed by atoms with Gasteiger partial charge in [-0.15, -0.1) is 0 Å². The third-order valence-electron chi connectivity index (χ3n) is 5.39.